The van der Waals surface area contributed by atoms with Crippen LogP contribution < -0.4 is 0 Å². The molecule has 12 heavy (non-hydrogen) atoms. The zero-order chi connectivity index (χ0) is 9.78. The summed E-state index contributed by atoms with van der Waals surface area (Å²) >= 11 is 4.98. The molecular formula is C5H5ClF4O2. The number of halogens is 5. The lowest BCUT2D eigenvalue weighted by atomic mass is 10.4. The van der Waals surface area contributed by atoms with E-state index in [1.54, 1.807) is 0 Å². The molecule has 0 aliphatic rings. The highest BCUT2D eigenvalue weighted by Gasteiger charge is 2.46. The van der Waals surface area contributed by atoms with Crippen molar-refractivity contribution in [1.29, 1.82) is 0 Å². The largest absolute Gasteiger partial charge is 0.462 e. The molecule has 0 aliphatic carbocycles. The minimum absolute atomic E-state index is 0.170. The topological polar surface area (TPSA) is 26.3 Å². The molecule has 0 radical (unpaired) electrons. The number of carbonyl (C=O) groups is 1. The van der Waals surface area contributed by atoms with Crippen molar-refractivity contribution in [3.63, 3.8) is 0 Å². The number of carbonyl (C=O) groups excluding carboxylic acids is 1. The maximum absolute atomic E-state index is 12.0. The van der Waals surface area contributed by atoms with Crippen LogP contribution in [0, 0.1) is 0 Å². The molecule has 0 aromatic heterocycles. The van der Waals surface area contributed by atoms with Crippen LogP contribution in [-0.4, -0.2) is 30.8 Å². The van der Waals surface area contributed by atoms with E-state index in [0.29, 0.717) is 0 Å². The summed E-state index contributed by atoms with van der Waals surface area (Å²) < 4.78 is 50.1. The van der Waals surface area contributed by atoms with Gasteiger partial charge in [-0.1, -0.05) is 0 Å². The molecule has 0 rings (SSSR count). The standard InChI is InChI=1S/C5H5ClF4O2/c6-1-2-12-4(11)3(7)5(8,9)10/h3H,1-2H2. The van der Waals surface area contributed by atoms with Crippen molar-refractivity contribution in [2.75, 3.05) is 12.5 Å². The molecule has 0 heterocycles. The van der Waals surface area contributed by atoms with Crippen LogP contribution >= 0.6 is 11.6 Å². The normalized spacial score (nSPS) is 14.1. The Labute approximate surface area is 70.4 Å². The van der Waals surface area contributed by atoms with Gasteiger partial charge in [-0.15, -0.1) is 11.6 Å². The van der Waals surface area contributed by atoms with Crippen molar-refractivity contribution in [3.05, 3.63) is 0 Å². The van der Waals surface area contributed by atoms with Crippen molar-refractivity contribution >= 4 is 17.6 Å². The summed E-state index contributed by atoms with van der Waals surface area (Å²) in [4.78, 5) is 10.2. The van der Waals surface area contributed by atoms with E-state index in [9.17, 15) is 22.4 Å². The average molecular weight is 209 g/mol. The first-order valence-electron chi connectivity index (χ1n) is 2.83. The van der Waals surface area contributed by atoms with Crippen LogP contribution in [0.15, 0.2) is 0 Å². The van der Waals surface area contributed by atoms with Gasteiger partial charge in [0.1, 0.15) is 6.61 Å². The van der Waals surface area contributed by atoms with E-state index >= 15 is 0 Å². The Morgan fingerprint density at radius 2 is 2.00 bits per heavy atom. The van der Waals surface area contributed by atoms with Gasteiger partial charge in [0.05, 0.1) is 5.88 Å². The molecule has 0 N–H and O–H groups in total. The summed E-state index contributed by atoms with van der Waals surface area (Å²) in [6, 6.07) is 0. The fraction of sp³-hybridized carbons (Fsp3) is 0.800. The van der Waals surface area contributed by atoms with Crippen LogP contribution in [0.3, 0.4) is 0 Å². The van der Waals surface area contributed by atoms with Gasteiger partial charge in [0, 0.05) is 0 Å². The van der Waals surface area contributed by atoms with E-state index in [0.717, 1.165) is 0 Å². The summed E-state index contributed by atoms with van der Waals surface area (Å²) in [6.07, 6.45) is -8.79. The second kappa shape index (κ2) is 4.49. The van der Waals surface area contributed by atoms with Crippen LogP contribution in [0.4, 0.5) is 17.6 Å². The summed E-state index contributed by atoms with van der Waals surface area (Å²) in [5.74, 6) is -2.13. The smallest absolute Gasteiger partial charge is 0.430 e. The predicted octanol–water partition coefficient (Wildman–Crippen LogP) is 1.67. The molecule has 7 heteroatoms. The highest BCUT2D eigenvalue weighted by molar-refractivity contribution is 6.18. The Bertz CT molecular complexity index is 158. The Morgan fingerprint density at radius 3 is 2.33 bits per heavy atom. The third-order valence-electron chi connectivity index (χ3n) is 0.816. The second-order valence-corrected chi connectivity index (χ2v) is 2.14. The highest BCUT2D eigenvalue weighted by atomic mass is 35.5. The summed E-state index contributed by atoms with van der Waals surface area (Å²) in [7, 11) is 0. The molecule has 0 saturated carbocycles. The molecule has 0 aromatic rings. The van der Waals surface area contributed by atoms with Gasteiger partial charge in [0.2, 0.25) is 0 Å². The lowest BCUT2D eigenvalue weighted by Gasteiger charge is -2.10. The first-order chi connectivity index (χ1) is 5.39. The maximum Gasteiger partial charge on any atom is 0.430 e. The van der Waals surface area contributed by atoms with Gasteiger partial charge < -0.3 is 4.74 Å². The van der Waals surface area contributed by atoms with Gasteiger partial charge in [0.15, 0.2) is 0 Å². The molecule has 0 aromatic carbocycles. The molecule has 72 valence electrons. The van der Waals surface area contributed by atoms with E-state index in [4.69, 9.17) is 11.6 Å². The monoisotopic (exact) mass is 208 g/mol. The number of rotatable bonds is 3. The number of esters is 1. The molecule has 0 saturated heterocycles. The van der Waals surface area contributed by atoms with Crippen molar-refractivity contribution in [1.82, 2.24) is 0 Å². The highest BCUT2D eigenvalue weighted by Crippen LogP contribution is 2.23. The number of hydrogen-bond acceptors (Lipinski definition) is 2. The molecular weight excluding hydrogens is 203 g/mol. The van der Waals surface area contributed by atoms with E-state index in [1.165, 1.54) is 0 Å². The van der Waals surface area contributed by atoms with Gasteiger partial charge in [-0.2, -0.15) is 13.2 Å². The molecule has 0 amide bonds. The van der Waals surface area contributed by atoms with E-state index in [2.05, 4.69) is 4.74 Å². The minimum Gasteiger partial charge on any atom is -0.462 e. The molecule has 1 atom stereocenters. The van der Waals surface area contributed by atoms with Crippen LogP contribution in [0.25, 0.3) is 0 Å². The van der Waals surface area contributed by atoms with Crippen molar-refractivity contribution in [2.24, 2.45) is 0 Å². The van der Waals surface area contributed by atoms with E-state index in [-0.39, 0.29) is 5.88 Å². The van der Waals surface area contributed by atoms with Crippen molar-refractivity contribution in [3.8, 4) is 0 Å². The zero-order valence-electron chi connectivity index (χ0n) is 5.70. The van der Waals surface area contributed by atoms with Crippen LogP contribution in [0.5, 0.6) is 0 Å². The first kappa shape index (κ1) is 11.5. The summed E-state index contributed by atoms with van der Waals surface area (Å²) in [5, 5.41) is 0. The van der Waals surface area contributed by atoms with Gasteiger partial charge in [-0.05, 0) is 0 Å². The molecule has 2 nitrogen and oxygen atoms in total. The molecule has 0 bridgehead atoms. The van der Waals surface area contributed by atoms with Gasteiger partial charge in [-0.25, -0.2) is 9.18 Å². The van der Waals surface area contributed by atoms with Gasteiger partial charge >= 0.3 is 12.1 Å². The molecule has 1 unspecified atom stereocenters. The first-order valence-corrected chi connectivity index (χ1v) is 3.36. The molecule has 0 aliphatic heterocycles. The molecule has 0 fully saturated rings. The van der Waals surface area contributed by atoms with Crippen LogP contribution in [0.2, 0.25) is 0 Å². The third-order valence-corrected chi connectivity index (χ3v) is 0.970. The fourth-order valence-electron chi connectivity index (χ4n) is 0.346. The minimum atomic E-state index is -5.20. The average Bonchev–Trinajstić information content (AvgIpc) is 1.97. The van der Waals surface area contributed by atoms with E-state index in [1.807, 2.05) is 0 Å². The Hall–Kier alpha value is -0.520. The van der Waals surface area contributed by atoms with Gasteiger partial charge in [-0.3, -0.25) is 0 Å². The third kappa shape index (κ3) is 3.75. The number of alkyl halides is 5. The van der Waals surface area contributed by atoms with E-state index < -0.39 is 24.9 Å². The Morgan fingerprint density at radius 1 is 1.50 bits per heavy atom. The van der Waals surface area contributed by atoms with Crippen LogP contribution in [-0.2, 0) is 9.53 Å². The zero-order valence-corrected chi connectivity index (χ0v) is 6.45. The van der Waals surface area contributed by atoms with Crippen molar-refractivity contribution < 1.29 is 27.1 Å². The quantitative estimate of drug-likeness (QED) is 0.401. The lowest BCUT2D eigenvalue weighted by Crippen LogP contribution is -2.34. The maximum atomic E-state index is 12.0. The number of ether oxygens (including phenoxy) is 1. The Kier molecular flexibility index (Phi) is 4.30. The predicted molar refractivity (Wildman–Crippen MR) is 32.6 cm³/mol. The SMILES string of the molecule is O=C(OCCCl)C(F)C(F)(F)F. The second-order valence-electron chi connectivity index (χ2n) is 1.76. The lowest BCUT2D eigenvalue weighted by molar-refractivity contribution is -0.200. The van der Waals surface area contributed by atoms with Gasteiger partial charge in [0.25, 0.3) is 6.17 Å². The fourth-order valence-corrected chi connectivity index (χ4v) is 0.423. The summed E-state index contributed by atoms with van der Waals surface area (Å²) in [5.41, 5.74) is 0. The Balaban J connectivity index is 3.94. The van der Waals surface area contributed by atoms with Crippen molar-refractivity contribution in [2.45, 2.75) is 12.3 Å². The number of hydrogen-bond donors (Lipinski definition) is 0. The molecule has 0 spiro atoms. The van der Waals surface area contributed by atoms with Crippen LogP contribution in [0.1, 0.15) is 0 Å². The summed E-state index contributed by atoms with van der Waals surface area (Å²) in [6.45, 7) is -0.434.